The van der Waals surface area contributed by atoms with Gasteiger partial charge in [-0.1, -0.05) is 19.1 Å². The van der Waals surface area contributed by atoms with E-state index in [9.17, 15) is 8.42 Å². The normalized spacial score (nSPS) is 13.5. The minimum atomic E-state index is -3.51. The van der Waals surface area contributed by atoms with Crippen LogP contribution in [-0.4, -0.2) is 33.5 Å². The molecule has 2 rings (SSSR count). The van der Waals surface area contributed by atoms with Gasteiger partial charge >= 0.3 is 0 Å². The Morgan fingerprint density at radius 3 is 2.80 bits per heavy atom. The van der Waals surface area contributed by atoms with Crippen molar-refractivity contribution in [2.24, 2.45) is 5.92 Å². The van der Waals surface area contributed by atoms with Crippen LogP contribution in [0.4, 0.5) is 0 Å². The molecule has 1 aromatic heterocycles. The van der Waals surface area contributed by atoms with Gasteiger partial charge in [-0.05, 0) is 31.6 Å². The van der Waals surface area contributed by atoms with Crippen LogP contribution < -0.4 is 10.0 Å². The van der Waals surface area contributed by atoms with Gasteiger partial charge in [0, 0.05) is 29.7 Å². The lowest BCUT2D eigenvalue weighted by Gasteiger charge is -2.13. The summed E-state index contributed by atoms with van der Waals surface area (Å²) in [5.41, 5.74) is 0. The van der Waals surface area contributed by atoms with Crippen molar-refractivity contribution in [1.82, 2.24) is 15.0 Å². The van der Waals surface area contributed by atoms with E-state index in [1.807, 2.05) is 20.0 Å². The average Bonchev–Trinajstić information content (AvgIpc) is 2.45. The topological polar surface area (TPSA) is 71.1 Å². The van der Waals surface area contributed by atoms with Gasteiger partial charge in [0.25, 0.3) is 0 Å². The highest BCUT2D eigenvalue weighted by atomic mass is 32.2. The lowest BCUT2D eigenvalue weighted by molar-refractivity contribution is 0.519. The number of benzene rings is 1. The number of hydrogen-bond acceptors (Lipinski definition) is 4. The van der Waals surface area contributed by atoms with E-state index in [0.717, 1.165) is 11.9 Å². The number of hydrogen-bond donors (Lipinski definition) is 2. The standard InChI is InChI=1S/C14H19N3O2S/c1-11(8-15-2)9-17-20(18,19)14-5-3-4-12-10-16-7-6-13(12)14/h3-7,10-11,15,17H,8-9H2,1-2H3. The molecule has 0 saturated carbocycles. The molecular weight excluding hydrogens is 274 g/mol. The molecule has 108 valence electrons. The van der Waals surface area contributed by atoms with E-state index in [4.69, 9.17) is 0 Å². The maximum absolute atomic E-state index is 12.4. The molecule has 0 radical (unpaired) electrons. The van der Waals surface area contributed by atoms with E-state index in [1.165, 1.54) is 0 Å². The summed E-state index contributed by atoms with van der Waals surface area (Å²) in [5.74, 6) is 0.228. The summed E-state index contributed by atoms with van der Waals surface area (Å²) in [4.78, 5) is 4.31. The predicted octanol–water partition coefficient (Wildman–Crippen LogP) is 1.37. The minimum absolute atomic E-state index is 0.228. The van der Waals surface area contributed by atoms with Crippen molar-refractivity contribution in [1.29, 1.82) is 0 Å². The Morgan fingerprint density at radius 1 is 1.25 bits per heavy atom. The summed E-state index contributed by atoms with van der Waals surface area (Å²) in [5, 5.41) is 4.54. The third kappa shape index (κ3) is 3.33. The molecule has 0 fully saturated rings. The van der Waals surface area contributed by atoms with E-state index in [1.54, 1.807) is 30.6 Å². The number of sulfonamides is 1. The maximum atomic E-state index is 12.4. The van der Waals surface area contributed by atoms with Crippen LogP contribution in [0.15, 0.2) is 41.6 Å². The van der Waals surface area contributed by atoms with Crippen LogP contribution in [0.2, 0.25) is 0 Å². The van der Waals surface area contributed by atoms with E-state index < -0.39 is 10.0 Å². The third-order valence-corrected chi connectivity index (χ3v) is 4.59. The van der Waals surface area contributed by atoms with Gasteiger partial charge in [0.05, 0.1) is 4.90 Å². The van der Waals surface area contributed by atoms with Gasteiger partial charge < -0.3 is 5.32 Å². The molecular formula is C14H19N3O2S. The molecule has 0 spiro atoms. The highest BCUT2D eigenvalue weighted by Gasteiger charge is 2.17. The van der Waals surface area contributed by atoms with Crippen LogP contribution in [0.25, 0.3) is 10.8 Å². The molecule has 5 nitrogen and oxygen atoms in total. The van der Waals surface area contributed by atoms with Gasteiger partial charge in [0.15, 0.2) is 0 Å². The van der Waals surface area contributed by atoms with E-state index in [0.29, 0.717) is 16.8 Å². The molecule has 20 heavy (non-hydrogen) atoms. The molecule has 0 amide bonds. The first-order valence-corrected chi connectivity index (χ1v) is 8.00. The zero-order valence-corrected chi connectivity index (χ0v) is 12.4. The van der Waals surface area contributed by atoms with Gasteiger partial charge in [-0.2, -0.15) is 0 Å². The van der Waals surface area contributed by atoms with Crippen LogP contribution in [0.1, 0.15) is 6.92 Å². The highest BCUT2D eigenvalue weighted by molar-refractivity contribution is 7.89. The lowest BCUT2D eigenvalue weighted by Crippen LogP contribution is -2.32. The Morgan fingerprint density at radius 2 is 2.05 bits per heavy atom. The Bertz CT molecular complexity index is 680. The molecule has 2 aromatic rings. The molecule has 0 aliphatic carbocycles. The summed E-state index contributed by atoms with van der Waals surface area (Å²) < 4.78 is 27.5. The van der Waals surface area contributed by atoms with Crippen molar-refractivity contribution in [2.75, 3.05) is 20.1 Å². The van der Waals surface area contributed by atoms with Crippen molar-refractivity contribution in [3.05, 3.63) is 36.7 Å². The van der Waals surface area contributed by atoms with E-state index in [2.05, 4.69) is 15.0 Å². The zero-order chi connectivity index (χ0) is 14.6. The molecule has 2 N–H and O–H groups in total. The number of nitrogens with one attached hydrogen (secondary N) is 2. The van der Waals surface area contributed by atoms with Crippen LogP contribution >= 0.6 is 0 Å². The fourth-order valence-corrected chi connectivity index (χ4v) is 3.47. The van der Waals surface area contributed by atoms with Crippen LogP contribution in [0, 0.1) is 5.92 Å². The van der Waals surface area contributed by atoms with Gasteiger partial charge in [-0.3, -0.25) is 4.98 Å². The predicted molar refractivity (Wildman–Crippen MR) is 80.0 cm³/mol. The smallest absolute Gasteiger partial charge is 0.241 e. The van der Waals surface area contributed by atoms with Gasteiger partial charge in [-0.25, -0.2) is 13.1 Å². The summed E-state index contributed by atoms with van der Waals surface area (Å²) in [6, 6.07) is 6.93. The molecule has 1 aromatic carbocycles. The van der Waals surface area contributed by atoms with Crippen LogP contribution in [0.5, 0.6) is 0 Å². The van der Waals surface area contributed by atoms with Crippen molar-refractivity contribution >= 4 is 20.8 Å². The SMILES string of the molecule is CNCC(C)CNS(=O)(=O)c1cccc2cnccc12. The quantitative estimate of drug-likeness (QED) is 0.844. The summed E-state index contributed by atoms with van der Waals surface area (Å²) in [6.07, 6.45) is 3.27. The van der Waals surface area contributed by atoms with Crippen LogP contribution in [0.3, 0.4) is 0 Å². The van der Waals surface area contributed by atoms with E-state index >= 15 is 0 Å². The molecule has 1 heterocycles. The first kappa shape index (κ1) is 14.9. The largest absolute Gasteiger partial charge is 0.319 e. The number of nitrogens with zero attached hydrogens (tertiary/aromatic N) is 1. The third-order valence-electron chi connectivity index (χ3n) is 3.10. The lowest BCUT2D eigenvalue weighted by atomic mass is 10.2. The molecule has 1 atom stereocenters. The second-order valence-electron chi connectivity index (χ2n) is 4.87. The fraction of sp³-hybridized carbons (Fsp3) is 0.357. The second kappa shape index (κ2) is 6.30. The Balaban J connectivity index is 2.28. The average molecular weight is 293 g/mol. The molecule has 0 aliphatic heterocycles. The molecule has 0 aliphatic rings. The van der Waals surface area contributed by atoms with Crippen molar-refractivity contribution in [3.8, 4) is 0 Å². The zero-order valence-electron chi connectivity index (χ0n) is 11.6. The molecule has 0 saturated heterocycles. The molecule has 6 heteroatoms. The summed E-state index contributed by atoms with van der Waals surface area (Å²) >= 11 is 0. The van der Waals surface area contributed by atoms with Gasteiger partial charge in [0.2, 0.25) is 10.0 Å². The number of aromatic nitrogens is 1. The van der Waals surface area contributed by atoms with Crippen LogP contribution in [-0.2, 0) is 10.0 Å². The van der Waals surface area contributed by atoms with Crippen molar-refractivity contribution in [2.45, 2.75) is 11.8 Å². The second-order valence-corrected chi connectivity index (χ2v) is 6.60. The van der Waals surface area contributed by atoms with Gasteiger partial charge in [-0.15, -0.1) is 0 Å². The van der Waals surface area contributed by atoms with Gasteiger partial charge in [0.1, 0.15) is 0 Å². The summed E-state index contributed by atoms with van der Waals surface area (Å²) in [6.45, 7) is 3.17. The number of fused-ring (bicyclic) bond motifs is 1. The highest BCUT2D eigenvalue weighted by Crippen LogP contribution is 2.21. The monoisotopic (exact) mass is 293 g/mol. The minimum Gasteiger partial charge on any atom is -0.319 e. The first-order chi connectivity index (χ1) is 9.54. The number of rotatable bonds is 6. The fourth-order valence-electron chi connectivity index (χ4n) is 2.08. The van der Waals surface area contributed by atoms with Crippen molar-refractivity contribution < 1.29 is 8.42 Å². The first-order valence-electron chi connectivity index (χ1n) is 6.51. The van der Waals surface area contributed by atoms with Crippen molar-refractivity contribution in [3.63, 3.8) is 0 Å². The van der Waals surface area contributed by atoms with E-state index in [-0.39, 0.29) is 5.92 Å². The maximum Gasteiger partial charge on any atom is 0.241 e. The Hall–Kier alpha value is -1.50. The molecule has 1 unspecified atom stereocenters. The Labute approximate surface area is 119 Å². The summed E-state index contributed by atoms with van der Waals surface area (Å²) in [7, 11) is -1.66. The Kier molecular flexibility index (Phi) is 4.69. The number of pyridine rings is 1. The molecule has 0 bridgehead atoms.